The number of aliphatic hydroxyl groups excluding tert-OH is 1. The van der Waals surface area contributed by atoms with Gasteiger partial charge in [0.1, 0.15) is 21.5 Å². The molecule has 1 aromatic carbocycles. The number of amides is 1. The van der Waals surface area contributed by atoms with Crippen LogP contribution in [-0.4, -0.2) is 44.8 Å². The Labute approximate surface area is 242 Å². The van der Waals surface area contributed by atoms with Crippen molar-refractivity contribution in [2.24, 2.45) is 5.41 Å². The number of benzene rings is 1. The number of alkyl carbamates (subject to hydrolysis) is 1. The van der Waals surface area contributed by atoms with Crippen LogP contribution in [0.4, 0.5) is 10.6 Å². The van der Waals surface area contributed by atoms with Crippen LogP contribution in [0.5, 0.6) is 0 Å². The van der Waals surface area contributed by atoms with E-state index in [2.05, 4.69) is 37.3 Å². The molecule has 0 unspecified atom stereocenters. The lowest BCUT2D eigenvalue weighted by molar-refractivity contribution is 0.0428. The predicted octanol–water partition coefficient (Wildman–Crippen LogP) is 6.23. The Kier molecular flexibility index (Phi) is 7.97. The minimum atomic E-state index is -0.572. The lowest BCUT2D eigenvalue weighted by Crippen LogP contribution is -2.48. The predicted molar refractivity (Wildman–Crippen MR) is 152 cm³/mol. The van der Waals surface area contributed by atoms with Gasteiger partial charge in [0.05, 0.1) is 23.9 Å². The highest BCUT2D eigenvalue weighted by Crippen LogP contribution is 2.52. The van der Waals surface area contributed by atoms with Crippen LogP contribution >= 0.6 is 35.0 Å². The quantitative estimate of drug-likeness (QED) is 0.339. The van der Waals surface area contributed by atoms with Crippen molar-refractivity contribution in [1.29, 1.82) is 0 Å². The lowest BCUT2D eigenvalue weighted by Gasteiger charge is -2.44. The number of ether oxygens (including phenoxy) is 1. The summed E-state index contributed by atoms with van der Waals surface area (Å²) < 4.78 is 5.61. The van der Waals surface area contributed by atoms with Gasteiger partial charge in [-0.1, -0.05) is 59.2 Å². The second-order valence-corrected chi connectivity index (χ2v) is 12.8. The van der Waals surface area contributed by atoms with E-state index in [1.165, 1.54) is 17.3 Å². The summed E-state index contributed by atoms with van der Waals surface area (Å²) in [5.74, 6) is 0.669. The van der Waals surface area contributed by atoms with Crippen LogP contribution in [0.2, 0.25) is 10.2 Å². The van der Waals surface area contributed by atoms with Gasteiger partial charge in [-0.3, -0.25) is 0 Å². The van der Waals surface area contributed by atoms with E-state index >= 15 is 0 Å². The average Bonchev–Trinajstić information content (AvgIpc) is 3.18. The SMILES string of the molecule is CC(C)(C)OC(=O)N[C@@H]1c2ccccc2CC12CCN(c1ncc(Sc3ccnc(Cl)c3Cl)nc1CO)CC2. The van der Waals surface area contributed by atoms with E-state index < -0.39 is 11.7 Å². The van der Waals surface area contributed by atoms with Gasteiger partial charge in [0, 0.05) is 29.6 Å². The number of fused-ring (bicyclic) bond motifs is 1. The van der Waals surface area contributed by atoms with Crippen molar-refractivity contribution in [1.82, 2.24) is 20.3 Å². The fourth-order valence-corrected chi connectivity index (χ4v) is 6.73. The molecule has 39 heavy (non-hydrogen) atoms. The maximum atomic E-state index is 12.8. The summed E-state index contributed by atoms with van der Waals surface area (Å²) in [6.07, 6.45) is 5.45. The van der Waals surface area contributed by atoms with Gasteiger partial charge in [0.15, 0.2) is 5.82 Å². The first-order valence-electron chi connectivity index (χ1n) is 12.9. The van der Waals surface area contributed by atoms with Crippen LogP contribution in [0, 0.1) is 5.41 Å². The average molecular weight is 589 g/mol. The molecule has 1 aliphatic heterocycles. The van der Waals surface area contributed by atoms with E-state index in [0.29, 0.717) is 26.5 Å². The van der Waals surface area contributed by atoms with Crippen molar-refractivity contribution in [3.63, 3.8) is 0 Å². The Bertz CT molecular complexity index is 1380. The van der Waals surface area contributed by atoms with E-state index in [1.54, 1.807) is 18.5 Å². The number of aromatic nitrogens is 3. The smallest absolute Gasteiger partial charge is 0.408 e. The Balaban J connectivity index is 1.33. The minimum Gasteiger partial charge on any atom is -0.444 e. The molecule has 1 saturated heterocycles. The number of carbonyl (C=O) groups excluding carboxylic acids is 1. The first kappa shape index (κ1) is 28.0. The Morgan fingerprint density at radius 3 is 2.67 bits per heavy atom. The third-order valence-electron chi connectivity index (χ3n) is 7.22. The normalized spacial score (nSPS) is 18.2. The molecule has 0 radical (unpaired) electrons. The van der Waals surface area contributed by atoms with Gasteiger partial charge >= 0.3 is 6.09 Å². The second kappa shape index (κ2) is 11.1. The molecular weight excluding hydrogens is 557 g/mol. The summed E-state index contributed by atoms with van der Waals surface area (Å²) in [7, 11) is 0. The topological polar surface area (TPSA) is 100 Å². The summed E-state index contributed by atoms with van der Waals surface area (Å²) >= 11 is 13.6. The summed E-state index contributed by atoms with van der Waals surface area (Å²) in [5, 5.41) is 14.5. The molecule has 2 aromatic heterocycles. The minimum absolute atomic E-state index is 0.128. The molecule has 2 aliphatic rings. The van der Waals surface area contributed by atoms with Gasteiger partial charge in [-0.15, -0.1) is 0 Å². The fraction of sp³-hybridized carbons (Fsp3) is 0.429. The van der Waals surface area contributed by atoms with Crippen molar-refractivity contribution in [3.05, 3.63) is 69.7 Å². The number of carbonyl (C=O) groups is 1. The van der Waals surface area contributed by atoms with Crippen LogP contribution in [0.25, 0.3) is 0 Å². The number of anilines is 1. The van der Waals surface area contributed by atoms with Gasteiger partial charge < -0.3 is 20.1 Å². The fourth-order valence-electron chi connectivity index (χ4n) is 5.49. The van der Waals surface area contributed by atoms with Gasteiger partial charge in [-0.25, -0.2) is 19.7 Å². The van der Waals surface area contributed by atoms with Crippen molar-refractivity contribution < 1.29 is 14.6 Å². The highest BCUT2D eigenvalue weighted by atomic mass is 35.5. The van der Waals surface area contributed by atoms with E-state index in [1.807, 2.05) is 32.9 Å². The summed E-state index contributed by atoms with van der Waals surface area (Å²) in [6, 6.07) is 9.95. The molecule has 1 spiro atoms. The molecule has 1 amide bonds. The maximum Gasteiger partial charge on any atom is 0.408 e. The Morgan fingerprint density at radius 1 is 1.21 bits per heavy atom. The van der Waals surface area contributed by atoms with E-state index in [4.69, 9.17) is 27.9 Å². The number of hydrogen-bond acceptors (Lipinski definition) is 8. The summed E-state index contributed by atoms with van der Waals surface area (Å²) in [5.41, 5.74) is 2.22. The molecule has 5 rings (SSSR count). The molecule has 8 nitrogen and oxygen atoms in total. The largest absolute Gasteiger partial charge is 0.444 e. The molecule has 3 aromatic rings. The number of aliphatic hydroxyl groups is 1. The molecule has 206 valence electrons. The van der Waals surface area contributed by atoms with Gasteiger partial charge in [-0.2, -0.15) is 0 Å². The third-order valence-corrected chi connectivity index (χ3v) is 9.06. The first-order chi connectivity index (χ1) is 18.6. The van der Waals surface area contributed by atoms with E-state index in [-0.39, 0.29) is 23.2 Å². The maximum absolute atomic E-state index is 12.8. The third kappa shape index (κ3) is 5.96. The molecule has 11 heteroatoms. The molecule has 0 bridgehead atoms. The molecule has 3 heterocycles. The molecule has 1 fully saturated rings. The zero-order valence-corrected chi connectivity index (χ0v) is 24.4. The molecule has 2 N–H and O–H groups in total. The number of hydrogen-bond donors (Lipinski definition) is 2. The highest BCUT2D eigenvalue weighted by molar-refractivity contribution is 7.99. The van der Waals surface area contributed by atoms with Gasteiger partial charge in [0.25, 0.3) is 0 Å². The van der Waals surface area contributed by atoms with Crippen LogP contribution in [0.15, 0.2) is 52.6 Å². The lowest BCUT2D eigenvalue weighted by atomic mass is 9.72. The number of piperidine rings is 1. The van der Waals surface area contributed by atoms with Crippen LogP contribution < -0.4 is 10.2 Å². The molecule has 0 saturated carbocycles. The van der Waals surface area contributed by atoms with E-state index in [0.717, 1.165) is 37.9 Å². The number of halogens is 2. The standard InChI is InChI=1S/C28H31Cl2N5O3S/c1-27(2,3)38-26(37)34-23-18-7-5-4-6-17(18)14-28(23)9-12-35(13-10-28)25-19(16-36)33-21(15-32-25)39-20-8-11-31-24(30)22(20)29/h4-8,11,15,23,36H,9-10,12-14,16H2,1-3H3,(H,34,37)/t23-/m1/s1. The molecular formula is C28H31Cl2N5O3S. The van der Waals surface area contributed by atoms with Crippen LogP contribution in [0.1, 0.15) is 56.5 Å². The van der Waals surface area contributed by atoms with Crippen LogP contribution in [-0.2, 0) is 17.8 Å². The number of nitrogens with one attached hydrogen (secondary N) is 1. The number of rotatable bonds is 5. The summed E-state index contributed by atoms with van der Waals surface area (Å²) in [6.45, 7) is 6.81. The van der Waals surface area contributed by atoms with Crippen molar-refractivity contribution in [3.8, 4) is 0 Å². The molecule has 1 aliphatic carbocycles. The van der Waals surface area contributed by atoms with Crippen LogP contribution in [0.3, 0.4) is 0 Å². The van der Waals surface area contributed by atoms with Gasteiger partial charge in [-0.05, 0) is 57.2 Å². The summed E-state index contributed by atoms with van der Waals surface area (Å²) in [4.78, 5) is 29.0. The second-order valence-electron chi connectivity index (χ2n) is 11.0. The number of nitrogens with zero attached hydrogens (tertiary/aromatic N) is 4. The van der Waals surface area contributed by atoms with Crippen molar-refractivity contribution in [2.45, 2.75) is 68.2 Å². The zero-order chi connectivity index (χ0) is 27.8. The van der Waals surface area contributed by atoms with Crippen molar-refractivity contribution in [2.75, 3.05) is 18.0 Å². The first-order valence-corrected chi connectivity index (χ1v) is 14.4. The van der Waals surface area contributed by atoms with E-state index in [9.17, 15) is 9.90 Å². The van der Waals surface area contributed by atoms with Gasteiger partial charge in [0.2, 0.25) is 0 Å². The monoisotopic (exact) mass is 587 g/mol. The Hall–Kier alpha value is -2.59. The zero-order valence-electron chi connectivity index (χ0n) is 22.1. The van der Waals surface area contributed by atoms with Crippen molar-refractivity contribution >= 4 is 46.9 Å². The Morgan fingerprint density at radius 2 is 1.95 bits per heavy atom. The highest BCUT2D eigenvalue weighted by Gasteiger charge is 2.49. The molecule has 1 atom stereocenters. The number of pyridine rings is 1.